The average Bonchev–Trinajstić information content (AvgIpc) is 3.22. The highest BCUT2D eigenvalue weighted by Crippen LogP contribution is 2.30. The Kier molecular flexibility index (Phi) is 3.72. The third-order valence-electron chi connectivity index (χ3n) is 5.32. The van der Waals surface area contributed by atoms with Crippen LogP contribution in [0.15, 0.2) is 33.5 Å². The molecule has 0 fully saturated rings. The second-order valence-electron chi connectivity index (χ2n) is 7.25. The zero-order valence-corrected chi connectivity index (χ0v) is 15.7. The smallest absolute Gasteiger partial charge is 0.285 e. The fourth-order valence-corrected chi connectivity index (χ4v) is 3.98. The van der Waals surface area contributed by atoms with Crippen LogP contribution in [0.4, 0.5) is 4.39 Å². The van der Waals surface area contributed by atoms with Gasteiger partial charge in [0.1, 0.15) is 17.1 Å². The van der Waals surface area contributed by atoms with Crippen molar-refractivity contribution in [1.29, 1.82) is 0 Å². The Hall–Kier alpha value is -3.22. The quantitative estimate of drug-likeness (QED) is 0.572. The van der Waals surface area contributed by atoms with E-state index in [0.717, 1.165) is 42.8 Å². The topological polar surface area (TPSA) is 76.2 Å². The molecule has 0 atom stereocenters. The molecule has 0 bridgehead atoms. The number of hydrogen-bond donors (Lipinski definition) is 1. The molecule has 0 aliphatic heterocycles. The fourth-order valence-electron chi connectivity index (χ4n) is 3.98. The van der Waals surface area contributed by atoms with Crippen molar-refractivity contribution < 1.29 is 8.81 Å². The lowest BCUT2D eigenvalue weighted by molar-refractivity contribution is 0.486. The maximum atomic E-state index is 13.7. The highest BCUT2D eigenvalue weighted by atomic mass is 19.1. The predicted octanol–water partition coefficient (Wildman–Crippen LogP) is 3.98. The van der Waals surface area contributed by atoms with Gasteiger partial charge in [0.05, 0.1) is 11.4 Å². The number of nitrogens with zero attached hydrogens (tertiary/aromatic N) is 3. The second-order valence-corrected chi connectivity index (χ2v) is 7.25. The highest BCUT2D eigenvalue weighted by Gasteiger charge is 2.24. The van der Waals surface area contributed by atoms with E-state index in [4.69, 9.17) is 4.42 Å². The third kappa shape index (κ3) is 2.50. The van der Waals surface area contributed by atoms with Crippen LogP contribution in [-0.4, -0.2) is 19.6 Å². The number of halogens is 1. The minimum atomic E-state index is -0.336. The Morgan fingerprint density at radius 1 is 1.14 bits per heavy atom. The average molecular weight is 378 g/mol. The molecule has 0 saturated heterocycles. The molecule has 142 valence electrons. The maximum Gasteiger partial charge on any atom is 0.285 e. The summed E-state index contributed by atoms with van der Waals surface area (Å²) in [4.78, 5) is 22.5. The van der Waals surface area contributed by atoms with Crippen LogP contribution in [0.2, 0.25) is 0 Å². The second kappa shape index (κ2) is 6.15. The molecule has 0 unspecified atom stereocenters. The first-order chi connectivity index (χ1) is 13.5. The van der Waals surface area contributed by atoms with Crippen molar-refractivity contribution in [2.45, 2.75) is 39.5 Å². The normalized spacial score (nSPS) is 13.8. The summed E-state index contributed by atoms with van der Waals surface area (Å²) in [7, 11) is 0. The molecular weight excluding hydrogens is 359 g/mol. The first-order valence-electron chi connectivity index (χ1n) is 9.40. The fraction of sp³-hybridized carbons (Fsp3) is 0.286. The summed E-state index contributed by atoms with van der Waals surface area (Å²) in [6.07, 6.45) is 3.88. The molecule has 0 spiro atoms. The molecule has 0 radical (unpaired) electrons. The lowest BCUT2D eigenvalue weighted by Gasteiger charge is -2.05. The molecule has 5 rings (SSSR count). The summed E-state index contributed by atoms with van der Waals surface area (Å²) in [6.45, 7) is 3.62. The van der Waals surface area contributed by atoms with Gasteiger partial charge in [-0.2, -0.15) is 0 Å². The summed E-state index contributed by atoms with van der Waals surface area (Å²) in [5.74, 6) is 0.862. The molecule has 1 N–H and O–H groups in total. The molecule has 1 aliphatic rings. The van der Waals surface area contributed by atoms with Gasteiger partial charge in [-0.25, -0.2) is 18.9 Å². The number of oxazole rings is 1. The van der Waals surface area contributed by atoms with E-state index in [0.29, 0.717) is 33.9 Å². The van der Waals surface area contributed by atoms with Crippen LogP contribution in [0.25, 0.3) is 28.2 Å². The standard InChI is InChI=1S/C21H19FN4O2/c1-11-18(20-24-15-8-3-4-9-16(15)28-20)21(27)26-19(23-11)17(12(2)25-26)13-6-5-7-14(22)10-13/h5-7,10,25H,3-4,8-9H2,1-2H3. The number of rotatable bonds is 2. The lowest BCUT2D eigenvalue weighted by atomic mass is 10.0. The largest absolute Gasteiger partial charge is 0.441 e. The number of aromatic amines is 1. The number of hydrogen-bond acceptors (Lipinski definition) is 4. The van der Waals surface area contributed by atoms with Crippen LogP contribution < -0.4 is 5.56 Å². The van der Waals surface area contributed by atoms with E-state index in [2.05, 4.69) is 15.1 Å². The molecule has 4 aromatic rings. The van der Waals surface area contributed by atoms with Crippen molar-refractivity contribution in [2.24, 2.45) is 0 Å². The maximum absolute atomic E-state index is 13.7. The van der Waals surface area contributed by atoms with Crippen molar-refractivity contribution in [2.75, 3.05) is 0 Å². The van der Waals surface area contributed by atoms with Crippen LogP contribution in [-0.2, 0) is 12.8 Å². The van der Waals surface area contributed by atoms with E-state index in [1.807, 2.05) is 6.92 Å². The van der Waals surface area contributed by atoms with Crippen molar-refractivity contribution in [1.82, 2.24) is 19.6 Å². The summed E-state index contributed by atoms with van der Waals surface area (Å²) >= 11 is 0. The van der Waals surface area contributed by atoms with Gasteiger partial charge in [0.15, 0.2) is 5.65 Å². The Balaban J connectivity index is 1.74. The van der Waals surface area contributed by atoms with Crippen molar-refractivity contribution in [3.05, 3.63) is 63.3 Å². The molecule has 1 aliphatic carbocycles. The van der Waals surface area contributed by atoms with Crippen LogP contribution in [0.3, 0.4) is 0 Å². The summed E-state index contributed by atoms with van der Waals surface area (Å²) < 4.78 is 21.0. The molecular formula is C21H19FN4O2. The predicted molar refractivity (Wildman–Crippen MR) is 103 cm³/mol. The molecule has 6 nitrogen and oxygen atoms in total. The SMILES string of the molecule is Cc1nc2c(-c3cccc(F)c3)c(C)[nH]n2c(=O)c1-c1nc2c(o1)CCCC2. The minimum Gasteiger partial charge on any atom is -0.441 e. The number of aryl methyl sites for hydroxylation is 4. The first kappa shape index (κ1) is 16.9. The van der Waals surface area contributed by atoms with E-state index in [9.17, 15) is 9.18 Å². The number of benzene rings is 1. The van der Waals surface area contributed by atoms with E-state index in [1.54, 1.807) is 19.1 Å². The van der Waals surface area contributed by atoms with Gasteiger partial charge in [-0.1, -0.05) is 12.1 Å². The minimum absolute atomic E-state index is 0.271. The van der Waals surface area contributed by atoms with Gasteiger partial charge in [0.2, 0.25) is 5.89 Å². The first-order valence-corrected chi connectivity index (χ1v) is 9.40. The molecule has 3 heterocycles. The van der Waals surface area contributed by atoms with Crippen LogP contribution in [0.1, 0.15) is 35.7 Å². The van der Waals surface area contributed by atoms with Gasteiger partial charge >= 0.3 is 0 Å². The lowest BCUT2D eigenvalue weighted by Crippen LogP contribution is -2.19. The Bertz CT molecular complexity index is 1260. The van der Waals surface area contributed by atoms with Crippen LogP contribution in [0.5, 0.6) is 0 Å². The van der Waals surface area contributed by atoms with E-state index in [1.165, 1.54) is 16.6 Å². The van der Waals surface area contributed by atoms with Crippen molar-refractivity contribution in [3.63, 3.8) is 0 Å². The zero-order chi connectivity index (χ0) is 19.4. The van der Waals surface area contributed by atoms with Crippen molar-refractivity contribution >= 4 is 5.65 Å². The van der Waals surface area contributed by atoms with Crippen LogP contribution in [0, 0.1) is 19.7 Å². The van der Waals surface area contributed by atoms with Gasteiger partial charge in [-0.15, -0.1) is 0 Å². The number of nitrogens with one attached hydrogen (secondary N) is 1. The molecule has 3 aromatic heterocycles. The number of aromatic nitrogens is 4. The van der Waals surface area contributed by atoms with E-state index < -0.39 is 0 Å². The van der Waals surface area contributed by atoms with Gasteiger partial charge in [0, 0.05) is 17.7 Å². The summed E-state index contributed by atoms with van der Waals surface area (Å²) in [5.41, 5.74) is 4.14. The van der Waals surface area contributed by atoms with E-state index in [-0.39, 0.29) is 11.4 Å². The molecule has 0 amide bonds. The van der Waals surface area contributed by atoms with Crippen LogP contribution >= 0.6 is 0 Å². The third-order valence-corrected chi connectivity index (χ3v) is 5.32. The van der Waals surface area contributed by atoms with E-state index >= 15 is 0 Å². The number of fused-ring (bicyclic) bond motifs is 2. The monoisotopic (exact) mass is 378 g/mol. The molecule has 0 saturated carbocycles. The number of H-pyrrole nitrogens is 1. The highest BCUT2D eigenvalue weighted by molar-refractivity contribution is 5.80. The Morgan fingerprint density at radius 2 is 1.96 bits per heavy atom. The Morgan fingerprint density at radius 3 is 2.75 bits per heavy atom. The molecule has 1 aromatic carbocycles. The molecule has 7 heteroatoms. The summed E-state index contributed by atoms with van der Waals surface area (Å²) in [5, 5.41) is 3.06. The van der Waals surface area contributed by atoms with Gasteiger partial charge in [0.25, 0.3) is 5.56 Å². The van der Waals surface area contributed by atoms with Crippen molar-refractivity contribution in [3.8, 4) is 22.6 Å². The van der Waals surface area contributed by atoms with Gasteiger partial charge in [-0.3, -0.25) is 9.89 Å². The van der Waals surface area contributed by atoms with Gasteiger partial charge < -0.3 is 4.42 Å². The van der Waals surface area contributed by atoms with Gasteiger partial charge in [-0.05, 0) is 50.8 Å². The summed E-state index contributed by atoms with van der Waals surface area (Å²) in [6, 6.07) is 6.27. The zero-order valence-electron chi connectivity index (χ0n) is 15.7. The molecule has 28 heavy (non-hydrogen) atoms. The Labute approximate surface area is 160 Å².